The van der Waals surface area contributed by atoms with Crippen molar-refractivity contribution >= 4 is 23.7 Å². The quantitative estimate of drug-likeness (QED) is 0.105. The lowest BCUT2D eigenvalue weighted by Gasteiger charge is -2.19. The number of rotatable bonds is 14. The Kier molecular flexibility index (Phi) is 11.4. The van der Waals surface area contributed by atoms with Gasteiger partial charge in [0.1, 0.15) is 24.4 Å². The van der Waals surface area contributed by atoms with Crippen LogP contribution in [0.4, 0.5) is 0 Å². The first-order valence-electron chi connectivity index (χ1n) is 11.7. The van der Waals surface area contributed by atoms with Crippen LogP contribution in [0.15, 0.2) is 54.6 Å². The number of nitrogens with two attached hydrogens (primary N) is 2. The number of esters is 2. The van der Waals surface area contributed by atoms with Crippen LogP contribution in [0.3, 0.4) is 0 Å². The van der Waals surface area contributed by atoms with Gasteiger partial charge in [0.25, 0.3) is 0 Å². The smallest absolute Gasteiger partial charge is 0.322 e. The van der Waals surface area contributed by atoms with Crippen LogP contribution in [-0.2, 0) is 36.9 Å². The SMILES string of the molecule is CCOC(=O)C(N)CC(C(=O)NCCCCc1ccc(C(=N)N)cc1)C(=O)OCc1ccccc1. The normalized spacial score (nSPS) is 12.3. The molecule has 2 unspecified atom stereocenters. The first kappa shape index (κ1) is 27.5. The summed E-state index contributed by atoms with van der Waals surface area (Å²) in [5.41, 5.74) is 13.9. The summed E-state index contributed by atoms with van der Waals surface area (Å²) < 4.78 is 10.2. The van der Waals surface area contributed by atoms with Gasteiger partial charge in [-0.25, -0.2) is 0 Å². The highest BCUT2D eigenvalue weighted by Gasteiger charge is 2.32. The molecule has 1 amide bonds. The zero-order chi connectivity index (χ0) is 25.6. The average Bonchev–Trinajstić information content (AvgIpc) is 2.86. The molecule has 0 aliphatic carbocycles. The van der Waals surface area contributed by atoms with E-state index in [-0.39, 0.29) is 25.5 Å². The molecular formula is C26H34N4O5. The van der Waals surface area contributed by atoms with Crippen molar-refractivity contribution in [2.24, 2.45) is 17.4 Å². The van der Waals surface area contributed by atoms with Gasteiger partial charge in [-0.05, 0) is 43.7 Å². The van der Waals surface area contributed by atoms with Crippen molar-refractivity contribution in [2.75, 3.05) is 13.2 Å². The second kappa shape index (κ2) is 14.5. The molecule has 0 heterocycles. The molecule has 2 aromatic carbocycles. The lowest BCUT2D eigenvalue weighted by Crippen LogP contribution is -2.43. The second-order valence-corrected chi connectivity index (χ2v) is 8.10. The van der Waals surface area contributed by atoms with E-state index < -0.39 is 29.8 Å². The van der Waals surface area contributed by atoms with E-state index in [1.807, 2.05) is 30.3 Å². The van der Waals surface area contributed by atoms with Gasteiger partial charge in [0.15, 0.2) is 0 Å². The van der Waals surface area contributed by atoms with E-state index in [2.05, 4.69) is 5.32 Å². The molecule has 6 N–H and O–H groups in total. The molecule has 2 rings (SSSR count). The summed E-state index contributed by atoms with van der Waals surface area (Å²) in [4.78, 5) is 37.4. The number of carbonyl (C=O) groups is 3. The number of nitrogens with one attached hydrogen (secondary N) is 2. The van der Waals surface area contributed by atoms with E-state index in [9.17, 15) is 14.4 Å². The first-order chi connectivity index (χ1) is 16.8. The predicted molar refractivity (Wildman–Crippen MR) is 132 cm³/mol. The summed E-state index contributed by atoms with van der Waals surface area (Å²) in [6.45, 7) is 2.18. The van der Waals surface area contributed by atoms with Gasteiger partial charge in [0.05, 0.1) is 6.61 Å². The van der Waals surface area contributed by atoms with Crippen LogP contribution in [0.5, 0.6) is 0 Å². The molecule has 9 nitrogen and oxygen atoms in total. The fourth-order valence-electron chi connectivity index (χ4n) is 3.38. The van der Waals surface area contributed by atoms with Crippen LogP contribution in [-0.4, -0.2) is 42.9 Å². The molecule has 0 aromatic heterocycles. The van der Waals surface area contributed by atoms with Crippen molar-refractivity contribution < 1.29 is 23.9 Å². The van der Waals surface area contributed by atoms with Crippen LogP contribution in [0.2, 0.25) is 0 Å². The Bertz CT molecular complexity index is 979. The topological polar surface area (TPSA) is 158 Å². The summed E-state index contributed by atoms with van der Waals surface area (Å²) in [5.74, 6) is -3.14. The largest absolute Gasteiger partial charge is 0.465 e. The third kappa shape index (κ3) is 9.58. The maximum Gasteiger partial charge on any atom is 0.322 e. The molecule has 0 saturated carbocycles. The Morgan fingerprint density at radius 1 is 0.943 bits per heavy atom. The van der Waals surface area contributed by atoms with Gasteiger partial charge in [-0.15, -0.1) is 0 Å². The second-order valence-electron chi connectivity index (χ2n) is 8.10. The summed E-state index contributed by atoms with van der Waals surface area (Å²) in [5, 5.41) is 10.2. The third-order valence-electron chi connectivity index (χ3n) is 5.36. The van der Waals surface area contributed by atoms with Gasteiger partial charge in [0, 0.05) is 12.1 Å². The number of carbonyl (C=O) groups excluding carboxylic acids is 3. The van der Waals surface area contributed by atoms with Crippen LogP contribution in [0.1, 0.15) is 42.9 Å². The minimum Gasteiger partial charge on any atom is -0.465 e. The van der Waals surface area contributed by atoms with E-state index in [1.54, 1.807) is 31.2 Å². The van der Waals surface area contributed by atoms with Crippen molar-refractivity contribution in [2.45, 2.75) is 45.3 Å². The number of amides is 1. The molecule has 35 heavy (non-hydrogen) atoms. The zero-order valence-electron chi connectivity index (χ0n) is 20.0. The molecule has 0 aliphatic heterocycles. The third-order valence-corrected chi connectivity index (χ3v) is 5.36. The molecule has 0 radical (unpaired) electrons. The van der Waals surface area contributed by atoms with Gasteiger partial charge in [-0.3, -0.25) is 19.8 Å². The Morgan fingerprint density at radius 3 is 2.26 bits per heavy atom. The Hall–Kier alpha value is -3.72. The van der Waals surface area contributed by atoms with E-state index in [0.29, 0.717) is 18.5 Å². The van der Waals surface area contributed by atoms with E-state index in [4.69, 9.17) is 26.4 Å². The fraction of sp³-hybridized carbons (Fsp3) is 0.385. The Balaban J connectivity index is 1.87. The summed E-state index contributed by atoms with van der Waals surface area (Å²) >= 11 is 0. The molecule has 0 fully saturated rings. The Morgan fingerprint density at radius 2 is 1.63 bits per heavy atom. The minimum absolute atomic E-state index is 0.0144. The maximum absolute atomic E-state index is 12.8. The van der Waals surface area contributed by atoms with Gasteiger partial charge < -0.3 is 26.3 Å². The van der Waals surface area contributed by atoms with E-state index in [0.717, 1.165) is 24.0 Å². The number of unbranched alkanes of at least 4 members (excludes halogenated alkanes) is 1. The standard InChI is InChI=1S/C26H34N4O5/c1-2-34-26(33)22(27)16-21(25(32)35-17-19-9-4-3-5-10-19)24(31)30-15-7-6-8-18-11-13-20(14-12-18)23(28)29/h3-5,9-14,21-22H,2,6-8,15-17,27H2,1H3,(H3,28,29)(H,30,31). The van der Waals surface area contributed by atoms with E-state index in [1.165, 1.54) is 0 Å². The molecule has 188 valence electrons. The number of hydrogen-bond donors (Lipinski definition) is 4. The summed E-state index contributed by atoms with van der Waals surface area (Å²) in [6.07, 6.45) is 2.09. The van der Waals surface area contributed by atoms with Gasteiger partial charge in [-0.2, -0.15) is 0 Å². The zero-order valence-corrected chi connectivity index (χ0v) is 20.0. The van der Waals surface area contributed by atoms with Crippen LogP contribution in [0, 0.1) is 11.3 Å². The van der Waals surface area contributed by atoms with Crippen LogP contribution >= 0.6 is 0 Å². The average molecular weight is 483 g/mol. The van der Waals surface area contributed by atoms with Gasteiger partial charge in [0.2, 0.25) is 5.91 Å². The number of amidine groups is 1. The van der Waals surface area contributed by atoms with Crippen molar-refractivity contribution in [1.82, 2.24) is 5.32 Å². The van der Waals surface area contributed by atoms with Crippen molar-refractivity contribution in [3.63, 3.8) is 0 Å². The summed E-state index contributed by atoms with van der Waals surface area (Å²) in [7, 11) is 0. The molecule has 0 saturated heterocycles. The molecule has 0 bridgehead atoms. The lowest BCUT2D eigenvalue weighted by atomic mass is 9.99. The fourth-order valence-corrected chi connectivity index (χ4v) is 3.38. The van der Waals surface area contributed by atoms with Crippen LogP contribution < -0.4 is 16.8 Å². The van der Waals surface area contributed by atoms with Gasteiger partial charge in [-0.1, -0.05) is 54.6 Å². The molecule has 0 aliphatic rings. The van der Waals surface area contributed by atoms with Crippen molar-refractivity contribution in [3.8, 4) is 0 Å². The van der Waals surface area contributed by atoms with Crippen molar-refractivity contribution in [1.29, 1.82) is 5.41 Å². The first-order valence-corrected chi connectivity index (χ1v) is 11.7. The van der Waals surface area contributed by atoms with E-state index >= 15 is 0 Å². The monoisotopic (exact) mass is 482 g/mol. The number of benzene rings is 2. The molecule has 0 spiro atoms. The highest BCUT2D eigenvalue weighted by Crippen LogP contribution is 2.13. The molecule has 2 aromatic rings. The predicted octanol–water partition coefficient (Wildman–Crippen LogP) is 2.05. The number of nitrogen functional groups attached to an aromatic ring is 1. The van der Waals surface area contributed by atoms with Crippen LogP contribution in [0.25, 0.3) is 0 Å². The van der Waals surface area contributed by atoms with Gasteiger partial charge >= 0.3 is 11.9 Å². The number of hydrogen-bond acceptors (Lipinski definition) is 7. The molecular weight excluding hydrogens is 448 g/mol. The van der Waals surface area contributed by atoms with Crippen molar-refractivity contribution in [3.05, 3.63) is 71.3 Å². The maximum atomic E-state index is 12.8. The summed E-state index contributed by atoms with van der Waals surface area (Å²) in [6, 6.07) is 15.4. The minimum atomic E-state index is -1.22. The highest BCUT2D eigenvalue weighted by atomic mass is 16.5. The number of ether oxygens (including phenoxy) is 2. The Labute approximate surface area is 205 Å². The lowest BCUT2D eigenvalue weighted by molar-refractivity contribution is -0.155. The molecule has 2 atom stereocenters. The highest BCUT2D eigenvalue weighted by molar-refractivity contribution is 5.98. The number of aryl methyl sites for hydroxylation is 1. The molecule has 9 heteroatoms.